The van der Waals surface area contributed by atoms with Crippen LogP contribution in [0.5, 0.6) is 0 Å². The molecule has 9 heteroatoms. The zero-order valence-corrected chi connectivity index (χ0v) is 18.1. The van der Waals surface area contributed by atoms with Crippen molar-refractivity contribution in [1.29, 1.82) is 0 Å². The van der Waals surface area contributed by atoms with Crippen LogP contribution in [0.15, 0.2) is 9.21 Å². The van der Waals surface area contributed by atoms with Gasteiger partial charge in [0.1, 0.15) is 6.04 Å². The lowest BCUT2D eigenvalue weighted by atomic mass is 9.90. The van der Waals surface area contributed by atoms with Gasteiger partial charge in [-0.2, -0.15) is 4.68 Å². The largest absolute Gasteiger partial charge is 0.437 e. The molecule has 1 atom stereocenters. The fraction of sp³-hybridized carbons (Fsp3) is 0.789. The predicted molar refractivity (Wildman–Crippen MR) is 109 cm³/mol. The number of halogens is 1. The summed E-state index contributed by atoms with van der Waals surface area (Å²) in [6.45, 7) is 4.99. The van der Waals surface area contributed by atoms with E-state index >= 15 is 0 Å². The van der Waals surface area contributed by atoms with Crippen molar-refractivity contribution in [2.45, 2.75) is 71.0 Å². The van der Waals surface area contributed by atoms with Crippen LogP contribution in [0.3, 0.4) is 0 Å². The third-order valence-corrected chi connectivity index (χ3v) is 5.13. The van der Waals surface area contributed by atoms with Gasteiger partial charge in [-0.3, -0.25) is 9.59 Å². The van der Waals surface area contributed by atoms with Crippen molar-refractivity contribution in [3.8, 4) is 0 Å². The first-order valence-electron chi connectivity index (χ1n) is 9.84. The Labute approximate surface area is 172 Å². The van der Waals surface area contributed by atoms with Gasteiger partial charge in [0.2, 0.25) is 12.2 Å². The standard InChI is InChI=1S/C19H32N4O4.ClH/c1-14(2)16(22(13-24)15-9-6-5-7-10-15)17(25)18-20-23(19(26)27-18)12-8-11-21(3)4;/h13-16H,5-12H2,1-4H3;1H. The Balaban J connectivity index is 0.00000392. The summed E-state index contributed by atoms with van der Waals surface area (Å²) in [4.78, 5) is 40.5. The molecular formula is C19H33ClN4O4. The number of nitrogens with zero attached hydrogens (tertiary/aromatic N) is 4. The van der Waals surface area contributed by atoms with Crippen LogP contribution in [-0.2, 0) is 11.3 Å². The van der Waals surface area contributed by atoms with Crippen molar-refractivity contribution in [3.05, 3.63) is 16.4 Å². The van der Waals surface area contributed by atoms with Gasteiger partial charge in [-0.05, 0) is 45.8 Å². The minimum Gasteiger partial charge on any atom is -0.384 e. The van der Waals surface area contributed by atoms with Crippen molar-refractivity contribution in [2.75, 3.05) is 20.6 Å². The van der Waals surface area contributed by atoms with Crippen LogP contribution in [0.1, 0.15) is 63.1 Å². The maximum absolute atomic E-state index is 13.1. The SMILES string of the molecule is CC(C)C(C(=O)c1nn(CCCN(C)C)c(=O)o1)N(C=O)C1CCCCC1.Cl. The Bertz CT molecular complexity index is 680. The van der Waals surface area contributed by atoms with Crippen molar-refractivity contribution in [2.24, 2.45) is 5.92 Å². The van der Waals surface area contributed by atoms with E-state index in [1.807, 2.05) is 32.8 Å². The maximum Gasteiger partial charge on any atom is 0.437 e. The van der Waals surface area contributed by atoms with Gasteiger partial charge in [0, 0.05) is 12.6 Å². The third-order valence-electron chi connectivity index (χ3n) is 5.13. The minimum absolute atomic E-state index is 0. The second-order valence-corrected chi connectivity index (χ2v) is 7.95. The second kappa shape index (κ2) is 11.4. The molecule has 0 aromatic carbocycles. The molecule has 1 amide bonds. The molecule has 160 valence electrons. The molecule has 1 fully saturated rings. The summed E-state index contributed by atoms with van der Waals surface area (Å²) in [5.41, 5.74) is 0. The van der Waals surface area contributed by atoms with E-state index < -0.39 is 17.6 Å². The van der Waals surface area contributed by atoms with E-state index in [1.54, 1.807) is 4.90 Å². The minimum atomic E-state index is -0.668. The first-order valence-corrected chi connectivity index (χ1v) is 9.84. The van der Waals surface area contributed by atoms with Crippen LogP contribution >= 0.6 is 12.4 Å². The molecule has 1 aromatic heterocycles. The number of hydrogen-bond acceptors (Lipinski definition) is 6. The van der Waals surface area contributed by atoms with E-state index in [-0.39, 0.29) is 30.3 Å². The normalized spacial score (nSPS) is 16.1. The first-order chi connectivity index (χ1) is 12.8. The molecule has 0 saturated heterocycles. The molecule has 0 bridgehead atoms. The molecule has 1 saturated carbocycles. The number of Topliss-reactive ketones (excluding diaryl/α,β-unsaturated/α-hetero) is 1. The number of carbonyl (C=O) groups is 2. The lowest BCUT2D eigenvalue weighted by Crippen LogP contribution is -2.50. The third kappa shape index (κ3) is 6.17. The van der Waals surface area contributed by atoms with Crippen molar-refractivity contribution >= 4 is 24.6 Å². The number of aryl methyl sites for hydroxylation is 1. The summed E-state index contributed by atoms with van der Waals surface area (Å²) < 4.78 is 6.33. The summed E-state index contributed by atoms with van der Waals surface area (Å²) in [5.74, 6) is -1.33. The van der Waals surface area contributed by atoms with Crippen LogP contribution in [-0.4, -0.2) is 64.5 Å². The number of carbonyl (C=O) groups excluding carboxylic acids is 2. The molecular weight excluding hydrogens is 384 g/mol. The van der Waals surface area contributed by atoms with E-state index in [2.05, 4.69) is 5.10 Å². The lowest BCUT2D eigenvalue weighted by molar-refractivity contribution is -0.123. The average molecular weight is 417 g/mol. The van der Waals surface area contributed by atoms with Gasteiger partial charge < -0.3 is 14.2 Å². The van der Waals surface area contributed by atoms with Gasteiger partial charge >= 0.3 is 5.76 Å². The zero-order valence-electron chi connectivity index (χ0n) is 17.3. The van der Waals surface area contributed by atoms with E-state index in [4.69, 9.17) is 4.42 Å². The monoisotopic (exact) mass is 416 g/mol. The summed E-state index contributed by atoms with van der Waals surface area (Å²) in [5, 5.41) is 4.10. The highest BCUT2D eigenvalue weighted by Gasteiger charge is 2.36. The first kappa shape index (κ1) is 24.4. The molecule has 1 aliphatic carbocycles. The van der Waals surface area contributed by atoms with E-state index in [1.165, 1.54) is 4.68 Å². The van der Waals surface area contributed by atoms with Crippen LogP contribution in [0.25, 0.3) is 0 Å². The average Bonchev–Trinajstić information content (AvgIpc) is 3.00. The Kier molecular flexibility index (Phi) is 9.89. The van der Waals surface area contributed by atoms with Crippen molar-refractivity contribution in [1.82, 2.24) is 19.6 Å². The van der Waals surface area contributed by atoms with Crippen molar-refractivity contribution in [3.63, 3.8) is 0 Å². The molecule has 2 rings (SSSR count). The summed E-state index contributed by atoms with van der Waals surface area (Å²) in [6, 6.07) is -0.611. The van der Waals surface area contributed by atoms with Crippen LogP contribution < -0.4 is 5.76 Å². The van der Waals surface area contributed by atoms with E-state index in [0.717, 1.165) is 51.5 Å². The quantitative estimate of drug-likeness (QED) is 0.429. The van der Waals surface area contributed by atoms with Crippen LogP contribution in [0, 0.1) is 5.92 Å². The highest BCUT2D eigenvalue weighted by molar-refractivity contribution is 5.97. The van der Waals surface area contributed by atoms with Crippen molar-refractivity contribution < 1.29 is 14.0 Å². The van der Waals surface area contributed by atoms with E-state index in [0.29, 0.717) is 6.54 Å². The molecule has 0 aliphatic heterocycles. The molecule has 0 spiro atoms. The number of amides is 1. The van der Waals surface area contributed by atoms with Gasteiger partial charge in [-0.15, -0.1) is 17.5 Å². The fourth-order valence-corrected chi connectivity index (χ4v) is 3.75. The van der Waals surface area contributed by atoms with E-state index in [9.17, 15) is 14.4 Å². The molecule has 1 aliphatic rings. The number of hydrogen-bond donors (Lipinski definition) is 0. The summed E-state index contributed by atoms with van der Waals surface area (Å²) in [7, 11) is 3.90. The van der Waals surface area contributed by atoms with Gasteiger partial charge in [0.25, 0.3) is 5.89 Å². The Morgan fingerprint density at radius 3 is 2.46 bits per heavy atom. The van der Waals surface area contributed by atoms with Gasteiger partial charge in [-0.25, -0.2) is 4.79 Å². The maximum atomic E-state index is 13.1. The fourth-order valence-electron chi connectivity index (χ4n) is 3.75. The lowest BCUT2D eigenvalue weighted by Gasteiger charge is -2.37. The predicted octanol–water partition coefficient (Wildman–Crippen LogP) is 2.21. The summed E-state index contributed by atoms with van der Waals surface area (Å²) in [6.07, 6.45) is 6.58. The topological polar surface area (TPSA) is 88.7 Å². The molecule has 0 radical (unpaired) electrons. The summed E-state index contributed by atoms with van der Waals surface area (Å²) >= 11 is 0. The molecule has 1 unspecified atom stereocenters. The molecule has 1 aromatic rings. The number of rotatable bonds is 10. The van der Waals surface area contributed by atoms with Crippen LogP contribution in [0.4, 0.5) is 0 Å². The molecule has 8 nitrogen and oxygen atoms in total. The molecule has 1 heterocycles. The molecule has 0 N–H and O–H groups in total. The molecule has 28 heavy (non-hydrogen) atoms. The number of aromatic nitrogens is 2. The highest BCUT2D eigenvalue weighted by Crippen LogP contribution is 2.26. The Morgan fingerprint density at radius 1 is 1.29 bits per heavy atom. The zero-order chi connectivity index (χ0) is 20.0. The Hall–Kier alpha value is -1.67. The second-order valence-electron chi connectivity index (χ2n) is 7.95. The highest BCUT2D eigenvalue weighted by atomic mass is 35.5. The van der Waals surface area contributed by atoms with Gasteiger partial charge in [-0.1, -0.05) is 33.1 Å². The Morgan fingerprint density at radius 2 is 1.93 bits per heavy atom. The van der Waals surface area contributed by atoms with Gasteiger partial charge in [0.15, 0.2) is 0 Å². The van der Waals surface area contributed by atoms with Gasteiger partial charge in [0.05, 0.1) is 0 Å². The number of ketones is 1. The van der Waals surface area contributed by atoms with Crippen LogP contribution in [0.2, 0.25) is 0 Å². The smallest absolute Gasteiger partial charge is 0.384 e.